The molecule has 0 spiro atoms. The molecular weight excluding hydrogens is 393 g/mol. The van der Waals surface area contributed by atoms with Crippen molar-refractivity contribution in [3.63, 3.8) is 0 Å². The Kier molecular flexibility index (Phi) is 5.22. The maximum atomic E-state index is 12.9. The van der Waals surface area contributed by atoms with Gasteiger partial charge in [-0.05, 0) is 24.3 Å². The smallest absolute Gasteiger partial charge is 0.416 e. The average molecular weight is 406 g/mol. The van der Waals surface area contributed by atoms with Crippen LogP contribution in [0.15, 0.2) is 54.7 Å². The Morgan fingerprint density at radius 2 is 1.93 bits per heavy atom. The predicted octanol–water partition coefficient (Wildman–Crippen LogP) is 4.39. The van der Waals surface area contributed by atoms with Crippen molar-refractivity contribution in [2.24, 2.45) is 7.05 Å². The van der Waals surface area contributed by atoms with Crippen LogP contribution in [0.3, 0.4) is 0 Å². The Bertz CT molecular complexity index is 1080. The fraction of sp³-hybridized carbons (Fsp3) is 0.111. The lowest BCUT2D eigenvalue weighted by molar-refractivity contribution is -0.384. The number of nitrogens with zero attached hydrogens (tertiary/aromatic N) is 3. The van der Waals surface area contributed by atoms with Crippen LogP contribution in [0, 0.1) is 10.1 Å². The minimum Gasteiger partial charge on any atom is -0.457 e. The summed E-state index contributed by atoms with van der Waals surface area (Å²) in [6.45, 7) is 0. The van der Waals surface area contributed by atoms with Gasteiger partial charge in [0.1, 0.15) is 17.2 Å². The highest BCUT2D eigenvalue weighted by molar-refractivity contribution is 6.03. The van der Waals surface area contributed by atoms with Gasteiger partial charge in [0.2, 0.25) is 0 Å². The molecule has 0 aliphatic heterocycles. The molecule has 3 aromatic rings. The summed E-state index contributed by atoms with van der Waals surface area (Å²) in [6.07, 6.45) is -3.16. The maximum absolute atomic E-state index is 12.9. The number of ether oxygens (including phenoxy) is 1. The van der Waals surface area contributed by atoms with Crippen LogP contribution < -0.4 is 10.1 Å². The van der Waals surface area contributed by atoms with E-state index in [0.29, 0.717) is 0 Å². The van der Waals surface area contributed by atoms with E-state index in [1.807, 2.05) is 0 Å². The van der Waals surface area contributed by atoms with Crippen LogP contribution in [0.5, 0.6) is 11.5 Å². The molecule has 1 aromatic heterocycles. The van der Waals surface area contributed by atoms with Crippen molar-refractivity contribution in [2.75, 3.05) is 5.32 Å². The first kappa shape index (κ1) is 19.9. The largest absolute Gasteiger partial charge is 0.457 e. The van der Waals surface area contributed by atoms with Crippen molar-refractivity contribution < 1.29 is 27.6 Å². The van der Waals surface area contributed by atoms with E-state index in [2.05, 4.69) is 10.4 Å². The molecule has 0 unspecified atom stereocenters. The number of hydrogen-bond donors (Lipinski definition) is 1. The molecule has 11 heteroatoms. The number of halogens is 3. The van der Waals surface area contributed by atoms with Crippen LogP contribution in [-0.4, -0.2) is 20.6 Å². The zero-order chi connectivity index (χ0) is 21.2. The number of alkyl halides is 3. The molecule has 3 rings (SSSR count). The molecule has 29 heavy (non-hydrogen) atoms. The number of anilines is 1. The molecule has 2 aromatic carbocycles. The summed E-state index contributed by atoms with van der Waals surface area (Å²) in [5, 5.41) is 17.5. The van der Waals surface area contributed by atoms with Gasteiger partial charge in [0.05, 0.1) is 22.2 Å². The molecule has 0 saturated heterocycles. The van der Waals surface area contributed by atoms with Gasteiger partial charge in [-0.1, -0.05) is 6.07 Å². The number of rotatable bonds is 5. The lowest BCUT2D eigenvalue weighted by Gasteiger charge is -2.11. The van der Waals surface area contributed by atoms with E-state index in [-0.39, 0.29) is 22.9 Å². The Morgan fingerprint density at radius 1 is 1.17 bits per heavy atom. The first-order valence-corrected chi connectivity index (χ1v) is 8.07. The summed E-state index contributed by atoms with van der Waals surface area (Å²) < 4.78 is 45.2. The van der Waals surface area contributed by atoms with E-state index < -0.39 is 28.3 Å². The minimum absolute atomic E-state index is 0.0346. The first-order valence-electron chi connectivity index (χ1n) is 8.07. The topological polar surface area (TPSA) is 99.3 Å². The van der Waals surface area contributed by atoms with Crippen LogP contribution in [-0.2, 0) is 13.2 Å². The van der Waals surface area contributed by atoms with Gasteiger partial charge in [-0.3, -0.25) is 19.6 Å². The quantitative estimate of drug-likeness (QED) is 0.500. The van der Waals surface area contributed by atoms with Gasteiger partial charge in [-0.15, -0.1) is 0 Å². The van der Waals surface area contributed by atoms with Crippen molar-refractivity contribution in [1.29, 1.82) is 0 Å². The average Bonchev–Trinajstić information content (AvgIpc) is 3.07. The molecule has 0 bridgehead atoms. The van der Waals surface area contributed by atoms with Crippen LogP contribution in [0.1, 0.15) is 16.1 Å². The molecular formula is C18H13F3N4O4. The zero-order valence-corrected chi connectivity index (χ0v) is 14.8. The number of nitro benzene ring substituents is 1. The number of aryl methyl sites for hydroxylation is 1. The summed E-state index contributed by atoms with van der Waals surface area (Å²) in [5.74, 6) is -0.849. The van der Waals surface area contributed by atoms with Gasteiger partial charge in [0.15, 0.2) is 0 Å². The van der Waals surface area contributed by atoms with Gasteiger partial charge >= 0.3 is 6.18 Å². The molecule has 150 valence electrons. The molecule has 1 heterocycles. The van der Waals surface area contributed by atoms with Gasteiger partial charge in [0, 0.05) is 25.4 Å². The van der Waals surface area contributed by atoms with Gasteiger partial charge < -0.3 is 10.1 Å². The Morgan fingerprint density at radius 3 is 2.55 bits per heavy atom. The maximum Gasteiger partial charge on any atom is 0.416 e. The number of nitro groups is 1. The number of carbonyl (C=O) groups excluding carboxylic acids is 1. The molecule has 8 nitrogen and oxygen atoms in total. The molecule has 0 fully saturated rings. The molecule has 0 radical (unpaired) electrons. The number of benzene rings is 2. The Labute approximate surface area is 161 Å². The van der Waals surface area contributed by atoms with E-state index in [4.69, 9.17) is 4.74 Å². The highest BCUT2D eigenvalue weighted by atomic mass is 19.4. The third kappa shape index (κ3) is 4.69. The zero-order valence-electron chi connectivity index (χ0n) is 14.8. The van der Waals surface area contributed by atoms with Gasteiger partial charge in [0.25, 0.3) is 11.6 Å². The van der Waals surface area contributed by atoms with E-state index in [9.17, 15) is 28.1 Å². The molecule has 0 saturated carbocycles. The summed E-state index contributed by atoms with van der Waals surface area (Å²) in [6, 6.07) is 8.94. The number of carbonyl (C=O) groups is 1. The van der Waals surface area contributed by atoms with E-state index in [1.54, 1.807) is 7.05 Å². The van der Waals surface area contributed by atoms with Crippen LogP contribution in [0.25, 0.3) is 0 Å². The summed E-state index contributed by atoms with van der Waals surface area (Å²) in [4.78, 5) is 22.8. The fourth-order valence-electron chi connectivity index (χ4n) is 2.48. The predicted molar refractivity (Wildman–Crippen MR) is 95.8 cm³/mol. The number of amides is 1. The molecule has 0 aliphatic carbocycles. The van der Waals surface area contributed by atoms with E-state index in [0.717, 1.165) is 30.3 Å². The van der Waals surface area contributed by atoms with Gasteiger partial charge in [-0.2, -0.15) is 18.3 Å². The molecule has 1 amide bonds. The van der Waals surface area contributed by atoms with E-state index >= 15 is 0 Å². The summed E-state index contributed by atoms with van der Waals surface area (Å²) >= 11 is 0. The second-order valence-corrected chi connectivity index (χ2v) is 5.89. The Balaban J connectivity index is 1.90. The number of nitrogens with one attached hydrogen (secondary N) is 1. The number of non-ortho nitro benzene ring substituents is 1. The van der Waals surface area contributed by atoms with Crippen LogP contribution in [0.2, 0.25) is 0 Å². The normalized spacial score (nSPS) is 11.2. The number of hydrogen-bond acceptors (Lipinski definition) is 5. The fourth-order valence-corrected chi connectivity index (χ4v) is 2.48. The number of aromatic nitrogens is 2. The summed E-state index contributed by atoms with van der Waals surface area (Å²) in [5.41, 5.74) is -1.09. The van der Waals surface area contributed by atoms with Crippen LogP contribution in [0.4, 0.5) is 24.5 Å². The molecule has 0 aliphatic rings. The third-order valence-electron chi connectivity index (χ3n) is 3.81. The molecule has 0 atom stereocenters. The highest BCUT2D eigenvalue weighted by Crippen LogP contribution is 2.34. The van der Waals surface area contributed by atoms with Gasteiger partial charge in [-0.25, -0.2) is 0 Å². The monoisotopic (exact) mass is 406 g/mol. The third-order valence-corrected chi connectivity index (χ3v) is 3.81. The van der Waals surface area contributed by atoms with Crippen molar-refractivity contribution in [2.45, 2.75) is 6.18 Å². The second-order valence-electron chi connectivity index (χ2n) is 5.89. The van der Waals surface area contributed by atoms with Crippen LogP contribution >= 0.6 is 0 Å². The standard InChI is InChI=1S/C18H13F3N4O4/c1-24-16(5-6-22-24)17(26)23-12-8-13(25(27)28)10-15(9-12)29-14-4-2-3-11(7-14)18(19,20)21/h2-10H,1H3,(H,23,26). The summed E-state index contributed by atoms with van der Waals surface area (Å²) in [7, 11) is 1.55. The van der Waals surface area contributed by atoms with Crippen molar-refractivity contribution >= 4 is 17.3 Å². The SMILES string of the molecule is Cn1nccc1C(=O)Nc1cc(Oc2cccc(C(F)(F)F)c2)cc([N+](=O)[O-])c1. The highest BCUT2D eigenvalue weighted by Gasteiger charge is 2.30. The Hall–Kier alpha value is -3.89. The lowest BCUT2D eigenvalue weighted by Crippen LogP contribution is -2.16. The lowest BCUT2D eigenvalue weighted by atomic mass is 10.2. The van der Waals surface area contributed by atoms with Crippen molar-refractivity contribution in [3.8, 4) is 11.5 Å². The van der Waals surface area contributed by atoms with Crippen molar-refractivity contribution in [3.05, 3.63) is 76.1 Å². The first-order chi connectivity index (χ1) is 13.6. The molecule has 1 N–H and O–H groups in total. The van der Waals surface area contributed by atoms with E-state index in [1.165, 1.54) is 29.1 Å². The van der Waals surface area contributed by atoms with Crippen molar-refractivity contribution in [1.82, 2.24) is 9.78 Å². The minimum atomic E-state index is -4.57. The second kappa shape index (κ2) is 7.62.